The van der Waals surface area contributed by atoms with E-state index in [1.54, 1.807) is 7.11 Å². The van der Waals surface area contributed by atoms with Gasteiger partial charge in [-0.2, -0.15) is 0 Å². The molecule has 0 heterocycles. The van der Waals surface area contributed by atoms with Crippen LogP contribution in [-0.4, -0.2) is 31.5 Å². The first-order valence-electron chi connectivity index (χ1n) is 6.29. The van der Waals surface area contributed by atoms with Crippen LogP contribution in [0.4, 0.5) is 0 Å². The highest BCUT2D eigenvalue weighted by Gasteiger charge is 2.19. The number of hydrogen-bond acceptors (Lipinski definition) is 3. The van der Waals surface area contributed by atoms with Crippen LogP contribution in [0.25, 0.3) is 0 Å². The Morgan fingerprint density at radius 1 is 1.47 bits per heavy atom. The second-order valence-corrected chi connectivity index (χ2v) is 4.66. The minimum Gasteiger partial charge on any atom is -0.389 e. The quantitative estimate of drug-likeness (QED) is 0.815. The van der Waals surface area contributed by atoms with E-state index in [2.05, 4.69) is 29.6 Å². The molecule has 0 saturated heterocycles. The number of aliphatic hydroxyl groups is 1. The number of ether oxygens (including phenoxy) is 1. The van der Waals surface area contributed by atoms with Crippen LogP contribution < -0.4 is 5.32 Å². The van der Waals surface area contributed by atoms with Crippen molar-refractivity contribution in [1.29, 1.82) is 0 Å². The lowest BCUT2D eigenvalue weighted by Crippen LogP contribution is -2.34. The van der Waals surface area contributed by atoms with Crippen LogP contribution in [0.15, 0.2) is 24.3 Å². The molecule has 0 bridgehead atoms. The average molecular weight is 235 g/mol. The Morgan fingerprint density at radius 3 is 3.12 bits per heavy atom. The zero-order valence-corrected chi connectivity index (χ0v) is 10.4. The number of hydrogen-bond donors (Lipinski definition) is 2. The SMILES string of the molecule is COCC(O)CN[C@@H]1CCCc2ccccc21. The highest BCUT2D eigenvalue weighted by molar-refractivity contribution is 5.32. The van der Waals surface area contributed by atoms with Gasteiger partial charge in [0.25, 0.3) is 0 Å². The van der Waals surface area contributed by atoms with Crippen LogP contribution in [0.2, 0.25) is 0 Å². The Morgan fingerprint density at radius 2 is 2.29 bits per heavy atom. The number of fused-ring (bicyclic) bond motifs is 1. The molecule has 1 aromatic carbocycles. The summed E-state index contributed by atoms with van der Waals surface area (Å²) >= 11 is 0. The van der Waals surface area contributed by atoms with Gasteiger partial charge >= 0.3 is 0 Å². The lowest BCUT2D eigenvalue weighted by Gasteiger charge is -2.27. The predicted octanol–water partition coefficient (Wildman–Crippen LogP) is 1.66. The van der Waals surface area contributed by atoms with E-state index in [0.717, 1.165) is 6.42 Å². The third-order valence-corrected chi connectivity index (χ3v) is 3.33. The third-order valence-electron chi connectivity index (χ3n) is 3.33. The predicted molar refractivity (Wildman–Crippen MR) is 68.0 cm³/mol. The Bertz CT molecular complexity index is 354. The summed E-state index contributed by atoms with van der Waals surface area (Å²) in [6.45, 7) is 0.980. The van der Waals surface area contributed by atoms with Crippen molar-refractivity contribution in [3.63, 3.8) is 0 Å². The lowest BCUT2D eigenvalue weighted by atomic mass is 9.88. The fraction of sp³-hybridized carbons (Fsp3) is 0.571. The Labute approximate surface area is 103 Å². The van der Waals surface area contributed by atoms with Gasteiger partial charge in [0.05, 0.1) is 12.7 Å². The summed E-state index contributed by atoms with van der Waals surface area (Å²) in [5.41, 5.74) is 2.83. The van der Waals surface area contributed by atoms with Crippen molar-refractivity contribution in [3.8, 4) is 0 Å². The number of benzene rings is 1. The maximum absolute atomic E-state index is 9.64. The van der Waals surface area contributed by atoms with Gasteiger partial charge in [0.15, 0.2) is 0 Å². The minimum atomic E-state index is -0.422. The molecule has 0 amide bonds. The van der Waals surface area contributed by atoms with Crippen LogP contribution in [-0.2, 0) is 11.2 Å². The van der Waals surface area contributed by atoms with Crippen molar-refractivity contribution in [2.45, 2.75) is 31.4 Å². The zero-order valence-electron chi connectivity index (χ0n) is 10.4. The monoisotopic (exact) mass is 235 g/mol. The lowest BCUT2D eigenvalue weighted by molar-refractivity contribution is 0.0622. The van der Waals surface area contributed by atoms with Gasteiger partial charge in [0.1, 0.15) is 0 Å². The van der Waals surface area contributed by atoms with E-state index in [1.165, 1.54) is 24.0 Å². The molecular weight excluding hydrogens is 214 g/mol. The molecule has 3 heteroatoms. The van der Waals surface area contributed by atoms with Gasteiger partial charge in [-0.05, 0) is 30.4 Å². The van der Waals surface area contributed by atoms with Crippen molar-refractivity contribution < 1.29 is 9.84 Å². The van der Waals surface area contributed by atoms with Crippen LogP contribution in [0.3, 0.4) is 0 Å². The van der Waals surface area contributed by atoms with E-state index in [4.69, 9.17) is 4.74 Å². The van der Waals surface area contributed by atoms with Crippen LogP contribution in [0.5, 0.6) is 0 Å². The van der Waals surface area contributed by atoms with Crippen molar-refractivity contribution in [3.05, 3.63) is 35.4 Å². The van der Waals surface area contributed by atoms with Crippen LogP contribution in [0.1, 0.15) is 30.0 Å². The largest absolute Gasteiger partial charge is 0.389 e. The summed E-state index contributed by atoms with van der Waals surface area (Å²) in [5, 5.41) is 13.1. The van der Waals surface area contributed by atoms with Crippen molar-refractivity contribution >= 4 is 0 Å². The molecule has 0 spiro atoms. The highest BCUT2D eigenvalue weighted by atomic mass is 16.5. The Kier molecular flexibility index (Phi) is 4.54. The van der Waals surface area contributed by atoms with E-state index in [9.17, 15) is 5.11 Å². The van der Waals surface area contributed by atoms with E-state index >= 15 is 0 Å². The molecule has 1 aromatic rings. The molecule has 3 nitrogen and oxygen atoms in total. The van der Waals surface area contributed by atoms with Gasteiger partial charge in [0.2, 0.25) is 0 Å². The normalized spacial score (nSPS) is 20.9. The summed E-state index contributed by atoms with van der Waals surface area (Å²) in [7, 11) is 1.61. The summed E-state index contributed by atoms with van der Waals surface area (Å²) in [4.78, 5) is 0. The molecule has 1 aliphatic rings. The van der Waals surface area contributed by atoms with Crippen LogP contribution in [0, 0.1) is 0 Å². The van der Waals surface area contributed by atoms with E-state index in [0.29, 0.717) is 19.2 Å². The fourth-order valence-corrected chi connectivity index (χ4v) is 2.50. The molecule has 0 aliphatic heterocycles. The van der Waals surface area contributed by atoms with Gasteiger partial charge in [-0.1, -0.05) is 24.3 Å². The first-order valence-corrected chi connectivity index (χ1v) is 6.29. The molecule has 2 atom stereocenters. The molecule has 0 aromatic heterocycles. The first-order chi connectivity index (χ1) is 8.31. The molecule has 2 N–H and O–H groups in total. The molecule has 2 rings (SSSR count). The minimum absolute atomic E-state index is 0.381. The summed E-state index contributed by atoms with van der Waals surface area (Å²) in [5.74, 6) is 0. The average Bonchev–Trinajstić information content (AvgIpc) is 2.36. The molecule has 0 radical (unpaired) electrons. The number of rotatable bonds is 5. The second kappa shape index (κ2) is 6.15. The standard InChI is InChI=1S/C14H21NO2/c1-17-10-12(16)9-15-14-8-4-6-11-5-2-3-7-13(11)14/h2-3,5,7,12,14-16H,4,6,8-10H2,1H3/t12?,14-/m1/s1. The number of nitrogens with one attached hydrogen (secondary N) is 1. The Hall–Kier alpha value is -0.900. The molecule has 0 fully saturated rings. The second-order valence-electron chi connectivity index (χ2n) is 4.66. The first kappa shape index (κ1) is 12.6. The van der Waals surface area contributed by atoms with Gasteiger partial charge in [-0.15, -0.1) is 0 Å². The van der Waals surface area contributed by atoms with Crippen molar-refractivity contribution in [1.82, 2.24) is 5.32 Å². The number of aryl methyl sites for hydroxylation is 1. The van der Waals surface area contributed by atoms with E-state index in [1.807, 2.05) is 0 Å². The maximum atomic E-state index is 9.64. The van der Waals surface area contributed by atoms with Gasteiger partial charge in [-0.25, -0.2) is 0 Å². The summed E-state index contributed by atoms with van der Waals surface area (Å²) in [6.07, 6.45) is 3.12. The highest BCUT2D eigenvalue weighted by Crippen LogP contribution is 2.29. The third kappa shape index (κ3) is 3.28. The van der Waals surface area contributed by atoms with Crippen molar-refractivity contribution in [2.24, 2.45) is 0 Å². The molecule has 17 heavy (non-hydrogen) atoms. The van der Waals surface area contributed by atoms with E-state index < -0.39 is 6.10 Å². The Balaban J connectivity index is 1.94. The molecular formula is C14H21NO2. The molecule has 0 saturated carbocycles. The van der Waals surface area contributed by atoms with Crippen molar-refractivity contribution in [2.75, 3.05) is 20.3 Å². The summed E-state index contributed by atoms with van der Waals surface area (Å²) < 4.78 is 4.92. The van der Waals surface area contributed by atoms with Gasteiger partial charge < -0.3 is 15.2 Å². The fourth-order valence-electron chi connectivity index (χ4n) is 2.50. The maximum Gasteiger partial charge on any atom is 0.0897 e. The smallest absolute Gasteiger partial charge is 0.0897 e. The number of methoxy groups -OCH3 is 1. The zero-order chi connectivity index (χ0) is 12.1. The molecule has 94 valence electrons. The summed E-state index contributed by atoms with van der Waals surface area (Å²) in [6, 6.07) is 8.96. The number of aliphatic hydroxyl groups excluding tert-OH is 1. The van der Waals surface area contributed by atoms with E-state index in [-0.39, 0.29) is 0 Å². The van der Waals surface area contributed by atoms with Gasteiger partial charge in [0, 0.05) is 19.7 Å². The van der Waals surface area contributed by atoms with Crippen LogP contribution >= 0.6 is 0 Å². The van der Waals surface area contributed by atoms with Gasteiger partial charge in [-0.3, -0.25) is 0 Å². The molecule has 1 aliphatic carbocycles. The molecule has 1 unspecified atom stereocenters. The topological polar surface area (TPSA) is 41.5 Å².